The van der Waals surface area contributed by atoms with Crippen LogP contribution in [0.5, 0.6) is 0 Å². The number of carbonyl (C=O) groups is 3. The standard InChI is InChI=1S/C45H75NO5/c1-3-5-7-9-11-12-13-14-15-16-17-18-19-20-21-22-23-24-25-26-28-30-36-40-45(50)51-42(37-33-29-27-10-8-6-4-2)38-34-31-32-35-39-43(47)46-41-44(48)49/h5,7,10-12,14-15,17-18,27,33,37,42H,3-4,6,8-9,13,16,19-26,28-32,34-36,38-41H2,1-2H3,(H,46,47)(H,48,49)/b7-5-,12-11-,15-14-,18-17-,27-10-,37-33-. The normalized spacial score (nSPS) is 12.8. The summed E-state index contributed by atoms with van der Waals surface area (Å²) >= 11 is 0. The topological polar surface area (TPSA) is 92.7 Å². The molecule has 0 aromatic heterocycles. The number of allylic oxidation sites excluding steroid dienone is 11. The maximum absolute atomic E-state index is 12.6. The van der Waals surface area contributed by atoms with E-state index in [1.54, 1.807) is 0 Å². The summed E-state index contributed by atoms with van der Waals surface area (Å²) in [6, 6.07) is 0. The van der Waals surface area contributed by atoms with E-state index >= 15 is 0 Å². The molecular formula is C45H75NO5. The molecule has 0 fully saturated rings. The van der Waals surface area contributed by atoms with Crippen LogP contribution in [-0.2, 0) is 19.1 Å². The lowest BCUT2D eigenvalue weighted by atomic mass is 10.0. The fourth-order valence-corrected chi connectivity index (χ4v) is 5.56. The summed E-state index contributed by atoms with van der Waals surface area (Å²) in [5.74, 6) is -1.36. The third kappa shape index (κ3) is 39.5. The number of ether oxygens (including phenoxy) is 1. The minimum Gasteiger partial charge on any atom is -0.480 e. The maximum Gasteiger partial charge on any atom is 0.322 e. The molecule has 6 nitrogen and oxygen atoms in total. The van der Waals surface area contributed by atoms with E-state index in [1.165, 1.54) is 70.6 Å². The molecule has 0 heterocycles. The first-order chi connectivity index (χ1) is 25.0. The van der Waals surface area contributed by atoms with Crippen molar-refractivity contribution < 1.29 is 24.2 Å². The maximum atomic E-state index is 12.6. The Kier molecular flexibility index (Phi) is 37.2. The first kappa shape index (κ1) is 47.8. The van der Waals surface area contributed by atoms with Crippen molar-refractivity contribution in [2.24, 2.45) is 0 Å². The summed E-state index contributed by atoms with van der Waals surface area (Å²) in [7, 11) is 0. The molecule has 0 aliphatic heterocycles. The van der Waals surface area contributed by atoms with E-state index in [0.29, 0.717) is 12.8 Å². The average Bonchev–Trinajstić information content (AvgIpc) is 3.11. The lowest BCUT2D eigenvalue weighted by Gasteiger charge is -2.14. The van der Waals surface area contributed by atoms with Gasteiger partial charge >= 0.3 is 11.9 Å². The molecule has 51 heavy (non-hydrogen) atoms. The predicted molar refractivity (Wildman–Crippen MR) is 217 cm³/mol. The van der Waals surface area contributed by atoms with Crippen LogP contribution >= 0.6 is 0 Å². The van der Waals surface area contributed by atoms with E-state index in [4.69, 9.17) is 9.84 Å². The third-order valence-corrected chi connectivity index (χ3v) is 8.60. The van der Waals surface area contributed by atoms with Gasteiger partial charge in [-0.25, -0.2) is 0 Å². The molecule has 0 rings (SSSR count). The van der Waals surface area contributed by atoms with Gasteiger partial charge in [0, 0.05) is 12.8 Å². The Bertz CT molecular complexity index is 1010. The Labute approximate surface area is 313 Å². The smallest absolute Gasteiger partial charge is 0.322 e. The highest BCUT2D eigenvalue weighted by Crippen LogP contribution is 2.15. The minimum absolute atomic E-state index is 0.108. The lowest BCUT2D eigenvalue weighted by Crippen LogP contribution is -2.28. The van der Waals surface area contributed by atoms with Gasteiger partial charge in [0.05, 0.1) is 0 Å². The number of nitrogens with one attached hydrogen (secondary N) is 1. The SMILES string of the molecule is CC/C=C\C/C=C\C/C=C\C/C=C\CCCCCCCCCCCCC(=O)OC(/C=C\C/C=C\CCCC)CCCCCCC(=O)NCC(=O)O. The largest absolute Gasteiger partial charge is 0.480 e. The van der Waals surface area contributed by atoms with Crippen molar-refractivity contribution in [2.75, 3.05) is 6.54 Å². The first-order valence-electron chi connectivity index (χ1n) is 20.6. The third-order valence-electron chi connectivity index (χ3n) is 8.60. The molecular weight excluding hydrogens is 634 g/mol. The molecule has 0 radical (unpaired) electrons. The van der Waals surface area contributed by atoms with Gasteiger partial charge in [-0.3, -0.25) is 14.4 Å². The summed E-state index contributed by atoms with van der Waals surface area (Å²) in [6.07, 6.45) is 53.4. The van der Waals surface area contributed by atoms with Crippen molar-refractivity contribution in [1.29, 1.82) is 0 Å². The fraction of sp³-hybridized carbons (Fsp3) is 0.667. The number of carboxylic acids is 1. The fourth-order valence-electron chi connectivity index (χ4n) is 5.56. The zero-order chi connectivity index (χ0) is 37.3. The predicted octanol–water partition coefficient (Wildman–Crippen LogP) is 12.6. The van der Waals surface area contributed by atoms with Gasteiger partial charge in [0.15, 0.2) is 0 Å². The van der Waals surface area contributed by atoms with Gasteiger partial charge < -0.3 is 15.2 Å². The summed E-state index contributed by atoms with van der Waals surface area (Å²) in [5.41, 5.74) is 0. The summed E-state index contributed by atoms with van der Waals surface area (Å²) in [4.78, 5) is 34.9. The number of carboxylic acid groups (broad SMARTS) is 1. The van der Waals surface area contributed by atoms with Crippen molar-refractivity contribution >= 4 is 17.8 Å². The number of hydrogen-bond acceptors (Lipinski definition) is 4. The number of amides is 1. The van der Waals surface area contributed by atoms with Crippen LogP contribution in [0, 0.1) is 0 Å². The molecule has 1 atom stereocenters. The second-order valence-electron chi connectivity index (χ2n) is 13.5. The minimum atomic E-state index is -1.03. The summed E-state index contributed by atoms with van der Waals surface area (Å²) in [6.45, 7) is 4.02. The zero-order valence-corrected chi connectivity index (χ0v) is 32.7. The Morgan fingerprint density at radius 3 is 1.59 bits per heavy atom. The number of hydrogen-bond donors (Lipinski definition) is 2. The van der Waals surface area contributed by atoms with Crippen molar-refractivity contribution in [2.45, 2.75) is 187 Å². The Hall–Kier alpha value is -3.15. The quantitative estimate of drug-likeness (QED) is 0.0384. The number of esters is 1. The summed E-state index contributed by atoms with van der Waals surface area (Å²) < 4.78 is 5.86. The van der Waals surface area contributed by atoms with E-state index in [1.807, 2.05) is 6.08 Å². The Morgan fingerprint density at radius 1 is 0.549 bits per heavy atom. The first-order valence-corrected chi connectivity index (χ1v) is 20.6. The molecule has 0 saturated carbocycles. The molecule has 0 bridgehead atoms. The molecule has 290 valence electrons. The highest BCUT2D eigenvalue weighted by atomic mass is 16.5. The van der Waals surface area contributed by atoms with Gasteiger partial charge in [-0.1, -0.05) is 158 Å². The molecule has 0 saturated heterocycles. The van der Waals surface area contributed by atoms with Crippen LogP contribution in [0.3, 0.4) is 0 Å². The van der Waals surface area contributed by atoms with Gasteiger partial charge in [-0.2, -0.15) is 0 Å². The Morgan fingerprint density at radius 2 is 1.02 bits per heavy atom. The highest BCUT2D eigenvalue weighted by Gasteiger charge is 2.12. The van der Waals surface area contributed by atoms with E-state index in [2.05, 4.69) is 86.0 Å². The van der Waals surface area contributed by atoms with Crippen molar-refractivity contribution in [1.82, 2.24) is 5.32 Å². The molecule has 0 aromatic carbocycles. The number of aliphatic carboxylic acids is 1. The van der Waals surface area contributed by atoms with Crippen LogP contribution in [0.4, 0.5) is 0 Å². The van der Waals surface area contributed by atoms with Crippen LogP contribution < -0.4 is 5.32 Å². The van der Waals surface area contributed by atoms with Crippen LogP contribution in [0.25, 0.3) is 0 Å². The summed E-state index contributed by atoms with van der Waals surface area (Å²) in [5, 5.41) is 11.1. The monoisotopic (exact) mass is 710 g/mol. The second kappa shape index (κ2) is 39.6. The van der Waals surface area contributed by atoms with Crippen LogP contribution in [-0.4, -0.2) is 35.6 Å². The van der Waals surface area contributed by atoms with Gasteiger partial charge in [-0.05, 0) is 83.1 Å². The van der Waals surface area contributed by atoms with Crippen LogP contribution in [0.2, 0.25) is 0 Å². The molecule has 1 unspecified atom stereocenters. The van der Waals surface area contributed by atoms with Crippen molar-refractivity contribution in [3.63, 3.8) is 0 Å². The van der Waals surface area contributed by atoms with Gasteiger partial charge in [0.2, 0.25) is 5.91 Å². The molecule has 6 heteroatoms. The van der Waals surface area contributed by atoms with E-state index < -0.39 is 5.97 Å². The van der Waals surface area contributed by atoms with Crippen molar-refractivity contribution in [3.8, 4) is 0 Å². The van der Waals surface area contributed by atoms with E-state index in [-0.39, 0.29) is 24.5 Å². The Balaban J connectivity index is 3.99. The number of carbonyl (C=O) groups excluding carboxylic acids is 2. The number of unbranched alkanes of at least 4 members (excludes halogenated alkanes) is 15. The van der Waals surface area contributed by atoms with E-state index in [9.17, 15) is 14.4 Å². The van der Waals surface area contributed by atoms with E-state index in [0.717, 1.165) is 83.5 Å². The molecule has 1 amide bonds. The van der Waals surface area contributed by atoms with Gasteiger partial charge in [0.1, 0.15) is 12.6 Å². The number of rotatable bonds is 36. The van der Waals surface area contributed by atoms with Crippen LogP contribution in [0.15, 0.2) is 72.9 Å². The lowest BCUT2D eigenvalue weighted by molar-refractivity contribution is -0.147. The molecule has 0 aromatic rings. The average molecular weight is 710 g/mol. The van der Waals surface area contributed by atoms with Gasteiger partial charge in [0.25, 0.3) is 0 Å². The van der Waals surface area contributed by atoms with Gasteiger partial charge in [-0.15, -0.1) is 0 Å². The molecule has 0 aliphatic carbocycles. The molecule has 0 spiro atoms. The van der Waals surface area contributed by atoms with Crippen molar-refractivity contribution in [3.05, 3.63) is 72.9 Å². The van der Waals surface area contributed by atoms with Crippen LogP contribution in [0.1, 0.15) is 181 Å². The zero-order valence-electron chi connectivity index (χ0n) is 32.7. The second-order valence-corrected chi connectivity index (χ2v) is 13.5. The molecule has 2 N–H and O–H groups in total. The molecule has 0 aliphatic rings. The highest BCUT2D eigenvalue weighted by molar-refractivity contribution is 5.80.